The second-order valence-electron chi connectivity index (χ2n) is 4.59. The summed E-state index contributed by atoms with van der Waals surface area (Å²) in [6.45, 7) is 7.69. The van der Waals surface area contributed by atoms with Gasteiger partial charge < -0.3 is 10.5 Å². The van der Waals surface area contributed by atoms with Crippen LogP contribution in [0.3, 0.4) is 0 Å². The summed E-state index contributed by atoms with van der Waals surface area (Å²) in [5.41, 5.74) is 8.10. The number of ether oxygens (including phenoxy) is 1. The molecule has 0 amide bonds. The summed E-state index contributed by atoms with van der Waals surface area (Å²) in [7, 11) is 0. The van der Waals surface area contributed by atoms with Gasteiger partial charge in [0.15, 0.2) is 5.69 Å². The van der Waals surface area contributed by atoms with Gasteiger partial charge in [-0.1, -0.05) is 0 Å². The number of rotatable bonds is 3. The molecule has 0 fully saturated rings. The normalized spacial score (nSPS) is 10.6. The maximum absolute atomic E-state index is 11.8. The lowest BCUT2D eigenvalue weighted by atomic mass is 10.2. The molecule has 0 radical (unpaired) electrons. The van der Waals surface area contributed by atoms with Gasteiger partial charge in [-0.15, -0.1) is 0 Å². The number of carbonyl (C=O) groups is 1. The first-order valence-electron chi connectivity index (χ1n) is 6.41. The van der Waals surface area contributed by atoms with Gasteiger partial charge in [-0.2, -0.15) is 0 Å². The van der Waals surface area contributed by atoms with Crippen LogP contribution in [-0.2, 0) is 4.74 Å². The van der Waals surface area contributed by atoms with Crippen molar-refractivity contribution in [2.75, 3.05) is 12.3 Å². The Labute approximate surface area is 117 Å². The Hall–Kier alpha value is -2.37. The molecule has 20 heavy (non-hydrogen) atoms. The second-order valence-corrected chi connectivity index (χ2v) is 4.59. The van der Waals surface area contributed by atoms with Crippen molar-refractivity contribution in [2.45, 2.75) is 27.7 Å². The summed E-state index contributed by atoms with van der Waals surface area (Å²) in [6.07, 6.45) is 0. The first-order chi connectivity index (χ1) is 9.43. The highest BCUT2D eigenvalue weighted by atomic mass is 16.5. The molecule has 0 unspecified atom stereocenters. The van der Waals surface area contributed by atoms with Gasteiger partial charge in [0.1, 0.15) is 17.5 Å². The van der Waals surface area contributed by atoms with E-state index in [1.54, 1.807) is 18.4 Å². The van der Waals surface area contributed by atoms with E-state index in [1.165, 1.54) is 0 Å². The van der Waals surface area contributed by atoms with Crippen molar-refractivity contribution in [1.82, 2.24) is 14.5 Å². The van der Waals surface area contributed by atoms with Crippen LogP contribution in [-0.4, -0.2) is 27.1 Å². The van der Waals surface area contributed by atoms with E-state index in [9.17, 15) is 4.79 Å². The van der Waals surface area contributed by atoms with Gasteiger partial charge in [0.2, 0.25) is 0 Å². The van der Waals surface area contributed by atoms with E-state index in [2.05, 4.69) is 9.97 Å². The summed E-state index contributed by atoms with van der Waals surface area (Å²) in [5, 5.41) is 0. The first kappa shape index (κ1) is 14.0. The molecule has 0 aromatic carbocycles. The van der Waals surface area contributed by atoms with Crippen molar-refractivity contribution in [2.24, 2.45) is 0 Å². The maximum atomic E-state index is 11.8. The average Bonchev–Trinajstić information content (AvgIpc) is 2.64. The molecule has 2 rings (SSSR count). The minimum Gasteiger partial charge on any atom is -0.461 e. The quantitative estimate of drug-likeness (QED) is 0.865. The van der Waals surface area contributed by atoms with Crippen LogP contribution in [0.4, 0.5) is 5.82 Å². The van der Waals surface area contributed by atoms with Crippen LogP contribution in [0, 0.1) is 20.8 Å². The number of pyridine rings is 1. The van der Waals surface area contributed by atoms with Crippen LogP contribution in [0.5, 0.6) is 0 Å². The molecule has 2 heterocycles. The van der Waals surface area contributed by atoms with Crippen LogP contribution in [0.1, 0.15) is 34.5 Å². The molecule has 106 valence electrons. The molecule has 2 aromatic heterocycles. The Kier molecular flexibility index (Phi) is 3.74. The molecule has 0 bridgehead atoms. The summed E-state index contributed by atoms with van der Waals surface area (Å²) in [6, 6.07) is 3.87. The number of imidazole rings is 1. The standard InChI is InChI=1S/C14H18N4O2/c1-5-20-14(19)12-13(15)18(10(4)17-12)11-7-8(2)6-9(3)16-11/h6-7H,5,15H2,1-4H3. The summed E-state index contributed by atoms with van der Waals surface area (Å²) in [4.78, 5) is 20.4. The summed E-state index contributed by atoms with van der Waals surface area (Å²) >= 11 is 0. The SMILES string of the molecule is CCOC(=O)c1nc(C)n(-c2cc(C)cc(C)n2)c1N. The van der Waals surface area contributed by atoms with Gasteiger partial charge >= 0.3 is 5.97 Å². The number of esters is 1. The zero-order chi connectivity index (χ0) is 14.9. The first-order valence-corrected chi connectivity index (χ1v) is 6.41. The van der Waals surface area contributed by atoms with Crippen molar-refractivity contribution < 1.29 is 9.53 Å². The highest BCUT2D eigenvalue weighted by Gasteiger charge is 2.21. The number of aryl methyl sites for hydroxylation is 3. The minimum atomic E-state index is -0.517. The number of anilines is 1. The van der Waals surface area contributed by atoms with Gasteiger partial charge in [-0.3, -0.25) is 4.57 Å². The Morgan fingerprint density at radius 2 is 2.00 bits per heavy atom. The van der Waals surface area contributed by atoms with Crippen molar-refractivity contribution in [3.05, 3.63) is 34.9 Å². The van der Waals surface area contributed by atoms with E-state index < -0.39 is 5.97 Å². The zero-order valence-corrected chi connectivity index (χ0v) is 12.1. The molecule has 2 aromatic rings. The third kappa shape index (κ3) is 2.49. The summed E-state index contributed by atoms with van der Waals surface area (Å²) < 4.78 is 6.60. The van der Waals surface area contributed by atoms with Gasteiger partial charge in [-0.05, 0) is 45.4 Å². The number of hydrogen-bond donors (Lipinski definition) is 1. The number of carbonyl (C=O) groups excluding carboxylic acids is 1. The number of aromatic nitrogens is 3. The largest absolute Gasteiger partial charge is 0.461 e. The predicted octanol–water partition coefficient (Wildman–Crippen LogP) is 1.95. The Morgan fingerprint density at radius 1 is 1.30 bits per heavy atom. The molecule has 2 N–H and O–H groups in total. The second kappa shape index (κ2) is 5.32. The lowest BCUT2D eigenvalue weighted by Gasteiger charge is -2.08. The molecule has 6 heteroatoms. The van der Waals surface area contributed by atoms with E-state index >= 15 is 0 Å². The Balaban J connectivity index is 2.55. The van der Waals surface area contributed by atoms with Crippen molar-refractivity contribution in [3.8, 4) is 5.82 Å². The Morgan fingerprint density at radius 3 is 2.60 bits per heavy atom. The highest BCUT2D eigenvalue weighted by molar-refractivity contribution is 5.92. The molecular formula is C14H18N4O2. The number of hydrogen-bond acceptors (Lipinski definition) is 5. The van der Waals surface area contributed by atoms with Crippen LogP contribution in [0.15, 0.2) is 12.1 Å². The number of nitrogen functional groups attached to an aromatic ring is 1. The molecular weight excluding hydrogens is 256 g/mol. The van der Waals surface area contributed by atoms with Gasteiger partial charge in [0.05, 0.1) is 6.61 Å². The van der Waals surface area contributed by atoms with Gasteiger partial charge in [-0.25, -0.2) is 14.8 Å². The minimum absolute atomic E-state index is 0.130. The number of nitrogens with two attached hydrogens (primary N) is 1. The highest BCUT2D eigenvalue weighted by Crippen LogP contribution is 2.21. The molecule has 0 saturated carbocycles. The topological polar surface area (TPSA) is 83.0 Å². The van der Waals surface area contributed by atoms with Crippen LogP contribution < -0.4 is 5.73 Å². The fourth-order valence-electron chi connectivity index (χ4n) is 2.12. The lowest BCUT2D eigenvalue weighted by molar-refractivity contribution is 0.0521. The van der Waals surface area contributed by atoms with E-state index in [0.29, 0.717) is 11.6 Å². The van der Waals surface area contributed by atoms with Crippen LogP contribution >= 0.6 is 0 Å². The fraction of sp³-hybridized carbons (Fsp3) is 0.357. The molecule has 0 spiro atoms. The smallest absolute Gasteiger partial charge is 0.360 e. The average molecular weight is 274 g/mol. The predicted molar refractivity (Wildman–Crippen MR) is 75.9 cm³/mol. The fourth-order valence-corrected chi connectivity index (χ4v) is 2.12. The summed E-state index contributed by atoms with van der Waals surface area (Å²) in [5.74, 6) is 0.985. The molecule has 0 aliphatic heterocycles. The third-order valence-corrected chi connectivity index (χ3v) is 2.86. The van der Waals surface area contributed by atoms with Crippen LogP contribution in [0.25, 0.3) is 5.82 Å². The lowest BCUT2D eigenvalue weighted by Crippen LogP contribution is -2.10. The van der Waals surface area contributed by atoms with Crippen molar-refractivity contribution in [3.63, 3.8) is 0 Å². The number of nitrogens with zero attached hydrogens (tertiary/aromatic N) is 3. The van der Waals surface area contributed by atoms with Crippen molar-refractivity contribution in [1.29, 1.82) is 0 Å². The molecule has 0 aliphatic carbocycles. The molecule has 0 aliphatic rings. The Bertz CT molecular complexity index is 641. The zero-order valence-electron chi connectivity index (χ0n) is 12.1. The third-order valence-electron chi connectivity index (χ3n) is 2.86. The van der Waals surface area contributed by atoms with E-state index in [1.807, 2.05) is 26.0 Å². The molecule has 0 atom stereocenters. The van der Waals surface area contributed by atoms with E-state index in [0.717, 1.165) is 11.3 Å². The van der Waals surface area contributed by atoms with Crippen LogP contribution in [0.2, 0.25) is 0 Å². The monoisotopic (exact) mass is 274 g/mol. The molecule has 6 nitrogen and oxygen atoms in total. The van der Waals surface area contributed by atoms with Crippen molar-refractivity contribution >= 4 is 11.8 Å². The van der Waals surface area contributed by atoms with E-state index in [4.69, 9.17) is 10.5 Å². The van der Waals surface area contributed by atoms with Gasteiger partial charge in [0, 0.05) is 5.69 Å². The van der Waals surface area contributed by atoms with E-state index in [-0.39, 0.29) is 18.1 Å². The maximum Gasteiger partial charge on any atom is 0.360 e. The van der Waals surface area contributed by atoms with Gasteiger partial charge in [0.25, 0.3) is 0 Å². The molecule has 0 saturated heterocycles.